The van der Waals surface area contributed by atoms with Gasteiger partial charge in [-0.3, -0.25) is 0 Å². The number of alkyl halides is 1. The maximum absolute atomic E-state index is 14.4. The second-order valence-electron chi connectivity index (χ2n) is 7.17. The fourth-order valence-corrected chi connectivity index (χ4v) is 2.30. The molecule has 0 aliphatic rings. The van der Waals surface area contributed by atoms with Crippen molar-refractivity contribution in [2.75, 3.05) is 0 Å². The van der Waals surface area contributed by atoms with E-state index in [1.165, 1.54) is 0 Å². The van der Waals surface area contributed by atoms with E-state index in [9.17, 15) is 4.39 Å². The molecule has 0 aromatic heterocycles. The van der Waals surface area contributed by atoms with E-state index in [0.717, 1.165) is 18.6 Å². The summed E-state index contributed by atoms with van der Waals surface area (Å²) in [6.45, 7) is 18.0. The van der Waals surface area contributed by atoms with Gasteiger partial charge in [0.05, 0.1) is 5.76 Å². The number of ether oxygens (including phenoxy) is 1. The molecule has 0 heterocycles. The van der Waals surface area contributed by atoms with Gasteiger partial charge in [-0.1, -0.05) is 40.2 Å². The Morgan fingerprint density at radius 3 is 2.16 bits per heavy atom. The molecule has 0 bridgehead atoms. The lowest BCUT2D eigenvalue weighted by Crippen LogP contribution is -2.27. The number of hydrogen-bond donors (Lipinski definition) is 0. The molecular formula is C17H33FO. The van der Waals surface area contributed by atoms with E-state index in [-0.39, 0.29) is 17.4 Å². The van der Waals surface area contributed by atoms with Crippen LogP contribution in [-0.4, -0.2) is 11.3 Å². The molecule has 0 aliphatic heterocycles. The molecule has 1 nitrogen and oxygen atoms in total. The number of halogens is 1. The lowest BCUT2D eigenvalue weighted by atomic mass is 9.83. The van der Waals surface area contributed by atoms with Crippen molar-refractivity contribution in [3.05, 3.63) is 12.3 Å². The van der Waals surface area contributed by atoms with Gasteiger partial charge >= 0.3 is 0 Å². The Kier molecular flexibility index (Phi) is 7.10. The van der Waals surface area contributed by atoms with Gasteiger partial charge in [-0.05, 0) is 46.5 Å². The van der Waals surface area contributed by atoms with E-state index < -0.39 is 5.67 Å². The normalized spacial score (nSPS) is 18.5. The van der Waals surface area contributed by atoms with Gasteiger partial charge in [-0.15, -0.1) is 0 Å². The van der Waals surface area contributed by atoms with E-state index >= 15 is 0 Å². The van der Waals surface area contributed by atoms with Gasteiger partial charge in [0.1, 0.15) is 11.3 Å². The third kappa shape index (κ3) is 8.28. The number of unbranched alkanes of at least 4 members (excludes halogenated alkanes) is 1. The maximum atomic E-state index is 14.4. The summed E-state index contributed by atoms with van der Waals surface area (Å²) in [5.74, 6) is 1.18. The van der Waals surface area contributed by atoms with Crippen molar-refractivity contribution in [2.24, 2.45) is 11.8 Å². The molecule has 0 saturated carbocycles. The minimum atomic E-state index is -1.08. The van der Waals surface area contributed by atoms with E-state index in [2.05, 4.69) is 27.4 Å². The van der Waals surface area contributed by atoms with Gasteiger partial charge < -0.3 is 4.74 Å². The second kappa shape index (κ2) is 7.31. The van der Waals surface area contributed by atoms with E-state index in [1.54, 1.807) is 6.92 Å². The quantitative estimate of drug-likeness (QED) is 0.500. The third-order valence-electron chi connectivity index (χ3n) is 3.60. The summed E-state index contributed by atoms with van der Waals surface area (Å²) in [6.07, 6.45) is 3.21. The zero-order chi connectivity index (χ0) is 15.3. The SMILES string of the molecule is C=C(OC(C)(C)C)C(C)C(C)CC(C)(F)CCCC. The molecule has 0 aliphatic carbocycles. The van der Waals surface area contributed by atoms with Crippen LogP contribution in [0, 0.1) is 11.8 Å². The minimum Gasteiger partial charge on any atom is -0.493 e. The molecule has 0 rings (SSSR count). The maximum Gasteiger partial charge on any atom is 0.108 e. The molecule has 0 saturated heterocycles. The molecule has 0 aromatic rings. The van der Waals surface area contributed by atoms with E-state index in [4.69, 9.17) is 4.74 Å². The van der Waals surface area contributed by atoms with Crippen LogP contribution in [0.25, 0.3) is 0 Å². The first-order valence-electron chi connectivity index (χ1n) is 7.55. The zero-order valence-electron chi connectivity index (χ0n) is 14.0. The van der Waals surface area contributed by atoms with Crippen molar-refractivity contribution in [3.8, 4) is 0 Å². The monoisotopic (exact) mass is 272 g/mol. The van der Waals surface area contributed by atoms with Crippen LogP contribution < -0.4 is 0 Å². The molecule has 114 valence electrons. The fourth-order valence-electron chi connectivity index (χ4n) is 2.30. The van der Waals surface area contributed by atoms with Gasteiger partial charge in [0, 0.05) is 5.92 Å². The van der Waals surface area contributed by atoms with Gasteiger partial charge in [0.15, 0.2) is 0 Å². The minimum absolute atomic E-state index is 0.177. The van der Waals surface area contributed by atoms with Crippen LogP contribution in [0.5, 0.6) is 0 Å². The lowest BCUT2D eigenvalue weighted by molar-refractivity contribution is 0.0238. The lowest BCUT2D eigenvalue weighted by Gasteiger charge is -2.31. The first kappa shape index (κ1) is 18.5. The predicted octanol–water partition coefficient (Wildman–Crippen LogP) is 5.90. The number of hydrogen-bond acceptors (Lipinski definition) is 1. The first-order valence-corrected chi connectivity index (χ1v) is 7.55. The van der Waals surface area contributed by atoms with Gasteiger partial charge in [-0.25, -0.2) is 4.39 Å². The van der Waals surface area contributed by atoms with Crippen molar-refractivity contribution >= 4 is 0 Å². The summed E-state index contributed by atoms with van der Waals surface area (Å²) in [6, 6.07) is 0. The Bertz CT molecular complexity index is 275. The fraction of sp³-hybridized carbons (Fsp3) is 0.882. The van der Waals surface area contributed by atoms with Crippen molar-refractivity contribution in [3.63, 3.8) is 0 Å². The average molecular weight is 272 g/mol. The smallest absolute Gasteiger partial charge is 0.108 e. The van der Waals surface area contributed by atoms with Crippen LogP contribution in [0.15, 0.2) is 12.3 Å². The molecule has 0 spiro atoms. The van der Waals surface area contributed by atoms with Crippen LogP contribution in [0.2, 0.25) is 0 Å². The summed E-state index contributed by atoms with van der Waals surface area (Å²) >= 11 is 0. The van der Waals surface area contributed by atoms with Crippen molar-refractivity contribution < 1.29 is 9.13 Å². The second-order valence-corrected chi connectivity index (χ2v) is 7.17. The summed E-state index contributed by atoms with van der Waals surface area (Å²) < 4.78 is 20.2. The Morgan fingerprint density at radius 2 is 1.74 bits per heavy atom. The van der Waals surface area contributed by atoms with Gasteiger partial charge in [0.25, 0.3) is 0 Å². The van der Waals surface area contributed by atoms with Crippen LogP contribution in [0.3, 0.4) is 0 Å². The molecule has 0 N–H and O–H groups in total. The van der Waals surface area contributed by atoms with E-state index in [1.807, 2.05) is 20.8 Å². The Balaban J connectivity index is 4.40. The molecule has 3 unspecified atom stereocenters. The molecule has 0 radical (unpaired) electrons. The van der Waals surface area contributed by atoms with Crippen molar-refractivity contribution in [2.45, 2.75) is 85.4 Å². The molecule has 19 heavy (non-hydrogen) atoms. The first-order chi connectivity index (χ1) is 8.48. The highest BCUT2D eigenvalue weighted by Gasteiger charge is 2.29. The molecular weight excluding hydrogens is 239 g/mol. The largest absolute Gasteiger partial charge is 0.493 e. The Labute approximate surface area is 119 Å². The summed E-state index contributed by atoms with van der Waals surface area (Å²) in [7, 11) is 0. The highest BCUT2D eigenvalue weighted by molar-refractivity contribution is 4.95. The topological polar surface area (TPSA) is 9.23 Å². The zero-order valence-corrected chi connectivity index (χ0v) is 14.0. The highest BCUT2D eigenvalue weighted by Crippen LogP contribution is 2.33. The third-order valence-corrected chi connectivity index (χ3v) is 3.60. The highest BCUT2D eigenvalue weighted by atomic mass is 19.1. The van der Waals surface area contributed by atoms with Gasteiger partial charge in [0.2, 0.25) is 0 Å². The standard InChI is InChI=1S/C17H33FO/c1-9-10-11-17(8,18)12-13(2)14(3)15(4)19-16(5,6)7/h13-14H,4,9-12H2,1-3,5-8H3. The average Bonchev–Trinajstić information content (AvgIpc) is 2.22. The Hall–Kier alpha value is -0.530. The van der Waals surface area contributed by atoms with Gasteiger partial charge in [-0.2, -0.15) is 0 Å². The van der Waals surface area contributed by atoms with Crippen LogP contribution >= 0.6 is 0 Å². The molecule has 2 heteroatoms. The number of allylic oxidation sites excluding steroid dienone is 1. The molecule has 0 fully saturated rings. The van der Waals surface area contributed by atoms with Crippen molar-refractivity contribution in [1.82, 2.24) is 0 Å². The van der Waals surface area contributed by atoms with Crippen LogP contribution in [0.1, 0.15) is 74.1 Å². The number of rotatable bonds is 8. The molecule has 0 amide bonds. The summed E-state index contributed by atoms with van der Waals surface area (Å²) in [4.78, 5) is 0. The van der Waals surface area contributed by atoms with Crippen LogP contribution in [-0.2, 0) is 4.74 Å². The summed E-state index contributed by atoms with van der Waals surface area (Å²) in [5, 5.41) is 0. The Morgan fingerprint density at radius 1 is 1.21 bits per heavy atom. The predicted molar refractivity (Wildman–Crippen MR) is 82.0 cm³/mol. The summed E-state index contributed by atoms with van der Waals surface area (Å²) in [5.41, 5.74) is -1.31. The van der Waals surface area contributed by atoms with E-state index in [0.29, 0.717) is 12.8 Å². The molecule has 3 atom stereocenters. The van der Waals surface area contributed by atoms with Crippen LogP contribution in [0.4, 0.5) is 4.39 Å². The van der Waals surface area contributed by atoms with Crippen molar-refractivity contribution in [1.29, 1.82) is 0 Å². The molecule has 0 aromatic carbocycles.